The molecular weight excluding hydrogens is 314 g/mol. The lowest BCUT2D eigenvalue weighted by Gasteiger charge is -2.37. The average Bonchev–Trinajstić information content (AvgIpc) is 2.65. The molecule has 0 spiro atoms. The van der Waals surface area contributed by atoms with Gasteiger partial charge in [-0.05, 0) is 63.2 Å². The lowest BCUT2D eigenvalue weighted by Crippen LogP contribution is -2.45. The van der Waals surface area contributed by atoms with Crippen LogP contribution in [0.4, 0.5) is 4.79 Å². The maximum atomic E-state index is 12.5. The Kier molecular flexibility index (Phi) is 6.38. The number of likely N-dealkylation sites (tertiary alicyclic amines) is 2. The Morgan fingerprint density at radius 2 is 1.88 bits per heavy atom. The molecule has 3 aliphatic rings. The van der Waals surface area contributed by atoms with Crippen molar-refractivity contribution in [1.29, 1.82) is 0 Å². The molecule has 1 atom stereocenters. The fraction of sp³-hybridized carbons (Fsp3) is 0.800. The Bertz CT molecular complexity index is 509. The molecule has 1 aliphatic carbocycles. The molecule has 25 heavy (non-hydrogen) atoms. The number of carbonyl (C=O) groups excluding carboxylic acids is 2. The van der Waals surface area contributed by atoms with Crippen molar-refractivity contribution in [2.75, 3.05) is 26.2 Å². The molecule has 140 valence electrons. The number of hydrogen-bond donors (Lipinski definition) is 1. The summed E-state index contributed by atoms with van der Waals surface area (Å²) in [6, 6.07) is 0.0251. The summed E-state index contributed by atoms with van der Waals surface area (Å²) in [7, 11) is 0. The van der Waals surface area contributed by atoms with E-state index in [0.717, 1.165) is 57.7 Å². The number of fused-ring (bicyclic) bond motifs is 1. The van der Waals surface area contributed by atoms with Gasteiger partial charge in [-0.2, -0.15) is 0 Å². The number of piperidine rings is 2. The van der Waals surface area contributed by atoms with E-state index in [1.807, 2.05) is 9.80 Å². The highest BCUT2D eigenvalue weighted by atomic mass is 16.2. The van der Waals surface area contributed by atoms with Crippen LogP contribution < -0.4 is 5.32 Å². The van der Waals surface area contributed by atoms with Gasteiger partial charge >= 0.3 is 6.03 Å². The second-order valence-corrected chi connectivity index (χ2v) is 7.95. The number of nitrogens with zero attached hydrogens (tertiary/aromatic N) is 2. The monoisotopic (exact) mass is 347 g/mol. The fourth-order valence-electron chi connectivity index (χ4n) is 4.34. The molecule has 0 aromatic carbocycles. The van der Waals surface area contributed by atoms with Gasteiger partial charge in [-0.15, -0.1) is 0 Å². The Labute approximate surface area is 151 Å². The molecule has 3 rings (SSSR count). The zero-order valence-corrected chi connectivity index (χ0v) is 15.6. The highest BCUT2D eigenvalue weighted by Crippen LogP contribution is 2.34. The Morgan fingerprint density at radius 3 is 2.68 bits per heavy atom. The Balaban J connectivity index is 1.38. The van der Waals surface area contributed by atoms with E-state index < -0.39 is 0 Å². The number of nitrogens with one attached hydrogen (secondary N) is 1. The maximum Gasteiger partial charge on any atom is 0.321 e. The van der Waals surface area contributed by atoms with Gasteiger partial charge in [0.25, 0.3) is 0 Å². The van der Waals surface area contributed by atoms with Crippen LogP contribution >= 0.6 is 0 Å². The number of carbonyl (C=O) groups is 2. The molecule has 0 saturated carbocycles. The molecule has 2 fully saturated rings. The van der Waals surface area contributed by atoms with Crippen LogP contribution in [0, 0.1) is 11.8 Å². The van der Waals surface area contributed by atoms with Crippen LogP contribution in [-0.4, -0.2) is 47.9 Å². The summed E-state index contributed by atoms with van der Waals surface area (Å²) < 4.78 is 0. The van der Waals surface area contributed by atoms with Gasteiger partial charge in [0.2, 0.25) is 5.91 Å². The first-order valence-electron chi connectivity index (χ1n) is 10.2. The normalized spacial score (nSPS) is 24.5. The molecule has 5 heteroatoms. The summed E-state index contributed by atoms with van der Waals surface area (Å²) in [5.74, 6) is 1.57. The van der Waals surface area contributed by atoms with Crippen LogP contribution in [0.2, 0.25) is 0 Å². The van der Waals surface area contributed by atoms with E-state index in [2.05, 4.69) is 18.3 Å². The van der Waals surface area contributed by atoms with Crippen molar-refractivity contribution in [2.45, 2.75) is 64.7 Å². The van der Waals surface area contributed by atoms with Gasteiger partial charge in [0.1, 0.15) is 0 Å². The molecule has 1 unspecified atom stereocenters. The third kappa shape index (κ3) is 4.77. The van der Waals surface area contributed by atoms with E-state index in [-0.39, 0.29) is 11.9 Å². The zero-order valence-electron chi connectivity index (χ0n) is 15.6. The van der Waals surface area contributed by atoms with E-state index >= 15 is 0 Å². The smallest absolute Gasteiger partial charge is 0.321 e. The predicted molar refractivity (Wildman–Crippen MR) is 99.0 cm³/mol. The van der Waals surface area contributed by atoms with Crippen molar-refractivity contribution < 1.29 is 9.59 Å². The maximum absolute atomic E-state index is 12.5. The predicted octanol–water partition coefficient (Wildman–Crippen LogP) is 3.51. The van der Waals surface area contributed by atoms with Crippen LogP contribution in [0.3, 0.4) is 0 Å². The van der Waals surface area contributed by atoms with E-state index in [0.29, 0.717) is 18.9 Å². The second kappa shape index (κ2) is 8.72. The molecule has 5 nitrogen and oxygen atoms in total. The van der Waals surface area contributed by atoms with Gasteiger partial charge in [0.15, 0.2) is 0 Å². The van der Waals surface area contributed by atoms with Crippen molar-refractivity contribution in [2.24, 2.45) is 11.8 Å². The van der Waals surface area contributed by atoms with E-state index in [1.165, 1.54) is 25.0 Å². The summed E-state index contributed by atoms with van der Waals surface area (Å²) >= 11 is 0. The van der Waals surface area contributed by atoms with Crippen LogP contribution in [0.5, 0.6) is 0 Å². The largest absolute Gasteiger partial charge is 0.343 e. The molecule has 2 saturated heterocycles. The molecule has 0 bridgehead atoms. The summed E-state index contributed by atoms with van der Waals surface area (Å²) in [6.07, 6.45) is 11.7. The van der Waals surface area contributed by atoms with Gasteiger partial charge < -0.3 is 10.2 Å². The highest BCUT2D eigenvalue weighted by molar-refractivity contribution is 5.77. The SMILES string of the molecule is CC1CCN(C(=O)CCCNC(=O)N2CCCC3CCCC=C32)CC1. The van der Waals surface area contributed by atoms with Crippen molar-refractivity contribution in [3.05, 3.63) is 11.8 Å². The van der Waals surface area contributed by atoms with Crippen LogP contribution in [0.1, 0.15) is 64.7 Å². The second-order valence-electron chi connectivity index (χ2n) is 7.95. The topological polar surface area (TPSA) is 52.7 Å². The fourth-order valence-corrected chi connectivity index (χ4v) is 4.34. The molecule has 2 heterocycles. The molecule has 1 N–H and O–H groups in total. The summed E-state index contributed by atoms with van der Waals surface area (Å²) in [5, 5.41) is 3.03. The molecule has 0 aromatic heterocycles. The standard InChI is InChI=1S/C20H33N3O2/c1-16-10-14-22(15-11-16)19(24)9-4-12-21-20(25)23-13-5-7-17-6-2-3-8-18(17)23/h8,16-17H,2-7,9-15H2,1H3,(H,21,25). The number of urea groups is 1. The van der Waals surface area contributed by atoms with Gasteiger partial charge in [0.05, 0.1) is 0 Å². The van der Waals surface area contributed by atoms with Crippen molar-refractivity contribution >= 4 is 11.9 Å². The van der Waals surface area contributed by atoms with Crippen molar-refractivity contribution in [3.8, 4) is 0 Å². The van der Waals surface area contributed by atoms with Gasteiger partial charge in [-0.25, -0.2) is 4.79 Å². The highest BCUT2D eigenvalue weighted by Gasteiger charge is 2.30. The third-order valence-corrected chi connectivity index (χ3v) is 6.00. The summed E-state index contributed by atoms with van der Waals surface area (Å²) in [5.41, 5.74) is 1.24. The quantitative estimate of drug-likeness (QED) is 0.791. The minimum Gasteiger partial charge on any atom is -0.343 e. The Morgan fingerprint density at radius 1 is 1.12 bits per heavy atom. The molecular formula is C20H33N3O2. The lowest BCUT2D eigenvalue weighted by atomic mass is 9.85. The van der Waals surface area contributed by atoms with Gasteiger partial charge in [0, 0.05) is 38.3 Å². The molecule has 3 amide bonds. The molecule has 0 aromatic rings. The van der Waals surface area contributed by atoms with Crippen molar-refractivity contribution in [3.63, 3.8) is 0 Å². The third-order valence-electron chi connectivity index (χ3n) is 6.00. The van der Waals surface area contributed by atoms with E-state index in [1.54, 1.807) is 0 Å². The van der Waals surface area contributed by atoms with Crippen molar-refractivity contribution in [1.82, 2.24) is 15.1 Å². The molecule has 2 aliphatic heterocycles. The number of allylic oxidation sites excluding steroid dienone is 2. The van der Waals surface area contributed by atoms with Crippen LogP contribution in [0.25, 0.3) is 0 Å². The Hall–Kier alpha value is -1.52. The summed E-state index contributed by atoms with van der Waals surface area (Å²) in [4.78, 5) is 28.7. The first kappa shape index (κ1) is 18.3. The average molecular weight is 348 g/mol. The van der Waals surface area contributed by atoms with Gasteiger partial charge in [-0.1, -0.05) is 13.0 Å². The first-order valence-corrected chi connectivity index (χ1v) is 10.2. The first-order chi connectivity index (χ1) is 12.1. The van der Waals surface area contributed by atoms with E-state index in [4.69, 9.17) is 0 Å². The minimum absolute atomic E-state index is 0.0251. The van der Waals surface area contributed by atoms with Crippen LogP contribution in [-0.2, 0) is 4.79 Å². The minimum atomic E-state index is 0.0251. The lowest BCUT2D eigenvalue weighted by molar-refractivity contribution is -0.132. The number of amides is 3. The van der Waals surface area contributed by atoms with Crippen LogP contribution in [0.15, 0.2) is 11.8 Å². The molecule has 0 radical (unpaired) electrons. The van der Waals surface area contributed by atoms with E-state index in [9.17, 15) is 9.59 Å². The number of hydrogen-bond acceptors (Lipinski definition) is 2. The van der Waals surface area contributed by atoms with Gasteiger partial charge in [-0.3, -0.25) is 9.69 Å². The zero-order chi connectivity index (χ0) is 17.6. The number of rotatable bonds is 4. The summed E-state index contributed by atoms with van der Waals surface area (Å²) in [6.45, 7) is 5.47.